The highest BCUT2D eigenvalue weighted by Gasteiger charge is 2.29. The van der Waals surface area contributed by atoms with Gasteiger partial charge in [0.2, 0.25) is 5.91 Å². The summed E-state index contributed by atoms with van der Waals surface area (Å²) in [6.45, 7) is 1.71. The minimum atomic E-state index is -0.233. The molecule has 1 atom stereocenters. The van der Waals surface area contributed by atoms with E-state index in [1.165, 1.54) is 5.56 Å². The Morgan fingerprint density at radius 2 is 2.39 bits per heavy atom. The van der Waals surface area contributed by atoms with E-state index < -0.39 is 0 Å². The number of hydrogen-bond acceptors (Lipinski definition) is 3. The van der Waals surface area contributed by atoms with Gasteiger partial charge in [-0.15, -0.1) is 0 Å². The third-order valence-electron chi connectivity index (χ3n) is 3.32. The lowest BCUT2D eigenvalue weighted by Gasteiger charge is -2.25. The van der Waals surface area contributed by atoms with Crippen molar-refractivity contribution in [2.75, 3.05) is 18.5 Å². The Kier molecular flexibility index (Phi) is 4.24. The molecular formula is C13H18BrN3O. The second-order valence-corrected chi connectivity index (χ2v) is 5.41. The van der Waals surface area contributed by atoms with Crippen LogP contribution in [-0.4, -0.2) is 25.5 Å². The monoisotopic (exact) mass is 311 g/mol. The highest BCUT2D eigenvalue weighted by Crippen LogP contribution is 2.29. The zero-order valence-corrected chi connectivity index (χ0v) is 12.0. The summed E-state index contributed by atoms with van der Waals surface area (Å²) >= 11 is 3.57. The Hall–Kier alpha value is -1.07. The maximum Gasteiger partial charge on any atom is 0.240 e. The summed E-state index contributed by atoms with van der Waals surface area (Å²) in [6.07, 6.45) is 1.87. The molecule has 0 aromatic heterocycles. The van der Waals surface area contributed by atoms with Crippen molar-refractivity contribution in [3.63, 3.8) is 0 Å². The number of hydrogen-bond donors (Lipinski definition) is 2. The van der Waals surface area contributed by atoms with Gasteiger partial charge in [0.15, 0.2) is 0 Å². The van der Waals surface area contributed by atoms with Crippen LogP contribution in [0.2, 0.25) is 0 Å². The van der Waals surface area contributed by atoms with Crippen LogP contribution < -0.4 is 16.0 Å². The third-order valence-corrected chi connectivity index (χ3v) is 4.05. The van der Waals surface area contributed by atoms with Crippen molar-refractivity contribution in [3.8, 4) is 0 Å². The first-order valence-corrected chi connectivity index (χ1v) is 6.91. The van der Waals surface area contributed by atoms with E-state index in [1.54, 1.807) is 0 Å². The predicted molar refractivity (Wildman–Crippen MR) is 76.5 cm³/mol. The van der Waals surface area contributed by atoms with Crippen molar-refractivity contribution >= 4 is 27.5 Å². The van der Waals surface area contributed by atoms with Crippen LogP contribution in [0.3, 0.4) is 0 Å². The van der Waals surface area contributed by atoms with Gasteiger partial charge in [0.05, 0.1) is 0 Å². The molecule has 1 aromatic rings. The number of carbonyl (C=O) groups is 1. The maximum atomic E-state index is 11.4. The fraction of sp³-hybridized carbons (Fsp3) is 0.462. The second-order valence-electron chi connectivity index (χ2n) is 4.56. The van der Waals surface area contributed by atoms with Crippen LogP contribution in [0.1, 0.15) is 18.4 Å². The van der Waals surface area contributed by atoms with Gasteiger partial charge in [-0.25, -0.2) is 0 Å². The number of nitrogens with zero attached hydrogens (tertiary/aromatic N) is 1. The third kappa shape index (κ3) is 2.67. The van der Waals surface area contributed by atoms with Crippen molar-refractivity contribution in [3.05, 3.63) is 28.2 Å². The normalized spacial score (nSPS) is 19.2. The summed E-state index contributed by atoms with van der Waals surface area (Å²) in [6, 6.07) is 6.03. The standard InChI is InChI=1S/C13H18BrN3O/c1-16-8-9-4-5-10(7-11(9)14)17-6-2-3-12(17)13(15)18/h4-5,7,12,16H,2-3,6,8H2,1H3,(H2,15,18). The quantitative estimate of drug-likeness (QED) is 0.888. The number of benzene rings is 1. The molecule has 18 heavy (non-hydrogen) atoms. The molecular weight excluding hydrogens is 294 g/mol. The van der Waals surface area contributed by atoms with Gasteiger partial charge < -0.3 is 16.0 Å². The van der Waals surface area contributed by atoms with E-state index in [1.807, 2.05) is 7.05 Å². The molecule has 1 unspecified atom stereocenters. The zero-order chi connectivity index (χ0) is 13.1. The minimum absolute atomic E-state index is 0.160. The van der Waals surface area contributed by atoms with Crippen LogP contribution >= 0.6 is 15.9 Å². The van der Waals surface area contributed by atoms with Gasteiger partial charge in [-0.3, -0.25) is 4.79 Å². The lowest BCUT2D eigenvalue weighted by Crippen LogP contribution is -2.40. The number of halogens is 1. The van der Waals surface area contributed by atoms with Crippen molar-refractivity contribution < 1.29 is 4.79 Å². The van der Waals surface area contributed by atoms with E-state index in [2.05, 4.69) is 44.3 Å². The molecule has 5 heteroatoms. The molecule has 98 valence electrons. The SMILES string of the molecule is CNCc1ccc(N2CCCC2C(N)=O)cc1Br. The largest absolute Gasteiger partial charge is 0.368 e. The van der Waals surface area contributed by atoms with E-state index in [4.69, 9.17) is 5.73 Å². The molecule has 0 radical (unpaired) electrons. The summed E-state index contributed by atoms with van der Waals surface area (Å²) in [5, 5.41) is 3.12. The Labute approximate surface area is 116 Å². The molecule has 0 bridgehead atoms. The second kappa shape index (κ2) is 5.71. The number of carbonyl (C=O) groups excluding carboxylic acids is 1. The molecule has 1 aliphatic rings. The molecule has 0 saturated carbocycles. The lowest BCUT2D eigenvalue weighted by molar-refractivity contribution is -0.119. The van der Waals surface area contributed by atoms with Crippen LogP contribution in [0, 0.1) is 0 Å². The highest BCUT2D eigenvalue weighted by atomic mass is 79.9. The number of amides is 1. The van der Waals surface area contributed by atoms with Crippen molar-refractivity contribution in [2.45, 2.75) is 25.4 Å². The molecule has 1 heterocycles. The molecule has 0 spiro atoms. The molecule has 1 amide bonds. The van der Waals surface area contributed by atoms with Crippen molar-refractivity contribution in [1.82, 2.24) is 5.32 Å². The molecule has 1 fully saturated rings. The topological polar surface area (TPSA) is 58.4 Å². The lowest BCUT2D eigenvalue weighted by atomic mass is 10.1. The average Bonchev–Trinajstić information content (AvgIpc) is 2.81. The maximum absolute atomic E-state index is 11.4. The summed E-state index contributed by atoms with van der Waals surface area (Å²) < 4.78 is 1.06. The fourth-order valence-electron chi connectivity index (χ4n) is 2.42. The average molecular weight is 312 g/mol. The Morgan fingerprint density at radius 3 is 3.00 bits per heavy atom. The van der Waals surface area contributed by atoms with Gasteiger partial charge in [0, 0.05) is 23.2 Å². The van der Waals surface area contributed by atoms with Crippen LogP contribution in [0.5, 0.6) is 0 Å². The van der Waals surface area contributed by atoms with E-state index >= 15 is 0 Å². The Bertz CT molecular complexity index is 450. The Morgan fingerprint density at radius 1 is 1.61 bits per heavy atom. The van der Waals surface area contributed by atoms with Crippen LogP contribution in [0.4, 0.5) is 5.69 Å². The Balaban J connectivity index is 2.23. The van der Waals surface area contributed by atoms with Gasteiger partial charge >= 0.3 is 0 Å². The van der Waals surface area contributed by atoms with Gasteiger partial charge in [0.1, 0.15) is 6.04 Å². The van der Waals surface area contributed by atoms with Gasteiger partial charge in [0.25, 0.3) is 0 Å². The fourth-order valence-corrected chi connectivity index (χ4v) is 2.93. The minimum Gasteiger partial charge on any atom is -0.368 e. The number of nitrogens with one attached hydrogen (secondary N) is 1. The predicted octanol–water partition coefficient (Wildman–Crippen LogP) is 1.62. The van der Waals surface area contributed by atoms with E-state index in [9.17, 15) is 4.79 Å². The van der Waals surface area contributed by atoms with Crippen LogP contribution in [0.15, 0.2) is 22.7 Å². The van der Waals surface area contributed by atoms with Crippen molar-refractivity contribution in [2.24, 2.45) is 5.73 Å². The molecule has 3 N–H and O–H groups in total. The van der Waals surface area contributed by atoms with Crippen LogP contribution in [-0.2, 0) is 11.3 Å². The molecule has 2 rings (SSSR count). The van der Waals surface area contributed by atoms with Gasteiger partial charge in [-0.05, 0) is 37.6 Å². The van der Waals surface area contributed by atoms with Crippen LogP contribution in [0.25, 0.3) is 0 Å². The molecule has 1 saturated heterocycles. The molecule has 4 nitrogen and oxygen atoms in total. The number of anilines is 1. The smallest absolute Gasteiger partial charge is 0.240 e. The van der Waals surface area contributed by atoms with E-state index in [-0.39, 0.29) is 11.9 Å². The number of rotatable bonds is 4. The first-order chi connectivity index (χ1) is 8.63. The summed E-state index contributed by atoms with van der Waals surface area (Å²) in [4.78, 5) is 13.5. The number of primary amides is 1. The first kappa shape index (κ1) is 13.4. The zero-order valence-electron chi connectivity index (χ0n) is 10.4. The molecule has 1 aromatic carbocycles. The highest BCUT2D eigenvalue weighted by molar-refractivity contribution is 9.10. The van der Waals surface area contributed by atoms with E-state index in [0.29, 0.717) is 0 Å². The first-order valence-electron chi connectivity index (χ1n) is 6.12. The summed E-state index contributed by atoms with van der Waals surface area (Å²) in [7, 11) is 1.92. The van der Waals surface area contributed by atoms with Gasteiger partial charge in [-0.2, -0.15) is 0 Å². The molecule has 1 aliphatic heterocycles. The van der Waals surface area contributed by atoms with Gasteiger partial charge in [-0.1, -0.05) is 22.0 Å². The van der Waals surface area contributed by atoms with E-state index in [0.717, 1.165) is 36.1 Å². The van der Waals surface area contributed by atoms with Crippen molar-refractivity contribution in [1.29, 1.82) is 0 Å². The summed E-state index contributed by atoms with van der Waals surface area (Å²) in [5.74, 6) is -0.233. The summed E-state index contributed by atoms with van der Waals surface area (Å²) in [5.41, 5.74) is 7.70. The molecule has 0 aliphatic carbocycles. The number of nitrogens with two attached hydrogens (primary N) is 1.